The molecule has 3 N–H and O–H groups in total. The van der Waals surface area contributed by atoms with Crippen LogP contribution in [0.1, 0.15) is 80.3 Å². The molecule has 0 aliphatic heterocycles. The lowest BCUT2D eigenvalue weighted by atomic mass is 9.91. The normalized spacial score (nSPS) is 14.0. The Bertz CT molecular complexity index is 1950. The number of aryl methyl sites for hydroxylation is 3. The van der Waals surface area contributed by atoms with E-state index in [1.54, 1.807) is 32.2 Å². The Labute approximate surface area is 276 Å². The second-order valence-electron chi connectivity index (χ2n) is 12.1. The molecule has 0 bridgehead atoms. The van der Waals surface area contributed by atoms with Gasteiger partial charge < -0.3 is 20.2 Å². The van der Waals surface area contributed by atoms with Crippen molar-refractivity contribution in [1.82, 2.24) is 20.5 Å². The molecule has 5 aromatic rings. The van der Waals surface area contributed by atoms with Gasteiger partial charge in [-0.1, -0.05) is 38.1 Å². The van der Waals surface area contributed by atoms with Gasteiger partial charge in [-0.05, 0) is 85.0 Å². The van der Waals surface area contributed by atoms with Crippen molar-refractivity contribution in [2.75, 3.05) is 7.11 Å². The molecule has 242 valence electrons. The Morgan fingerprint density at radius 2 is 1.85 bits per heavy atom. The van der Waals surface area contributed by atoms with E-state index in [4.69, 9.17) is 19.9 Å². The van der Waals surface area contributed by atoms with Gasteiger partial charge in [-0.15, -0.1) is 21.5 Å². The van der Waals surface area contributed by atoms with Crippen molar-refractivity contribution in [3.05, 3.63) is 105 Å². The largest absolute Gasteiger partial charge is 0.496 e. The van der Waals surface area contributed by atoms with Crippen molar-refractivity contribution in [1.29, 1.82) is 0 Å². The van der Waals surface area contributed by atoms with Crippen LogP contribution in [0.2, 0.25) is 0 Å². The molecule has 1 aliphatic carbocycles. The third kappa shape index (κ3) is 6.66. The van der Waals surface area contributed by atoms with Gasteiger partial charge in [0.1, 0.15) is 11.6 Å². The van der Waals surface area contributed by atoms with Crippen molar-refractivity contribution >= 4 is 23.2 Å². The summed E-state index contributed by atoms with van der Waals surface area (Å²) in [5.41, 5.74) is 11.7. The zero-order chi connectivity index (χ0) is 33.2. The number of rotatable bonds is 11. The van der Waals surface area contributed by atoms with Crippen LogP contribution in [0.15, 0.2) is 59.0 Å². The number of hydrogen-bond acceptors (Lipinski definition) is 8. The Hall–Kier alpha value is -4.90. The molecule has 0 saturated heterocycles. The van der Waals surface area contributed by atoms with Crippen LogP contribution >= 0.6 is 11.3 Å². The number of carbonyl (C=O) groups excluding carboxylic acids is 2. The smallest absolute Gasteiger partial charge is 0.261 e. The number of nitrogens with one attached hydrogen (secondary N) is 1. The van der Waals surface area contributed by atoms with Crippen LogP contribution in [-0.4, -0.2) is 34.1 Å². The minimum atomic E-state index is -0.637. The monoisotopic (exact) mass is 653 g/mol. The molecule has 0 spiro atoms. The molecule has 0 fully saturated rings. The van der Waals surface area contributed by atoms with E-state index < -0.39 is 5.91 Å². The molecule has 1 unspecified atom stereocenters. The lowest BCUT2D eigenvalue weighted by molar-refractivity contribution is 0.0939. The summed E-state index contributed by atoms with van der Waals surface area (Å²) in [6.45, 7) is 5.78. The number of ether oxygens (including phenoxy) is 1. The highest BCUT2D eigenvalue weighted by Gasteiger charge is 2.31. The Morgan fingerprint density at radius 1 is 1.06 bits per heavy atom. The number of nitrogens with two attached hydrogens (primary N) is 1. The quantitative estimate of drug-likeness (QED) is 0.160. The summed E-state index contributed by atoms with van der Waals surface area (Å²) in [7, 11) is 1.65. The lowest BCUT2D eigenvalue weighted by Gasteiger charge is -2.19. The molecule has 1 atom stereocenters. The van der Waals surface area contributed by atoms with Gasteiger partial charge in [0, 0.05) is 17.4 Å². The van der Waals surface area contributed by atoms with E-state index in [0.29, 0.717) is 57.4 Å². The summed E-state index contributed by atoms with van der Waals surface area (Å²) >= 11 is 1.26. The third-order valence-corrected chi connectivity index (χ3v) is 9.43. The number of amides is 2. The molecular weight excluding hydrogens is 617 g/mol. The van der Waals surface area contributed by atoms with Crippen LogP contribution in [0.4, 0.5) is 4.39 Å². The van der Waals surface area contributed by atoms with Crippen LogP contribution in [0.5, 0.6) is 5.75 Å². The van der Waals surface area contributed by atoms with Gasteiger partial charge in [-0.25, -0.2) is 4.39 Å². The fourth-order valence-corrected chi connectivity index (χ4v) is 7.21. The summed E-state index contributed by atoms with van der Waals surface area (Å²) < 4.78 is 25.1. The molecule has 3 aromatic heterocycles. The first kappa shape index (κ1) is 32.1. The van der Waals surface area contributed by atoms with Gasteiger partial charge in [0.15, 0.2) is 0 Å². The van der Waals surface area contributed by atoms with Crippen LogP contribution in [0, 0.1) is 18.7 Å². The summed E-state index contributed by atoms with van der Waals surface area (Å²) in [5, 5.41) is 11.6. The number of nitrogens with zero attached hydrogens (tertiary/aromatic N) is 3. The molecule has 0 radical (unpaired) electrons. The zero-order valence-corrected chi connectivity index (χ0v) is 27.5. The first-order valence-corrected chi connectivity index (χ1v) is 16.4. The van der Waals surface area contributed by atoms with E-state index in [0.717, 1.165) is 35.3 Å². The summed E-state index contributed by atoms with van der Waals surface area (Å²) in [6, 6.07) is 15.7. The maximum absolute atomic E-state index is 13.6. The van der Waals surface area contributed by atoms with E-state index in [1.807, 2.05) is 38.1 Å². The van der Waals surface area contributed by atoms with Crippen molar-refractivity contribution in [3.8, 4) is 27.6 Å². The minimum Gasteiger partial charge on any atom is -0.496 e. The topological polar surface area (TPSA) is 133 Å². The van der Waals surface area contributed by atoms with E-state index >= 15 is 0 Å². The number of fused-ring (bicyclic) bond motifs is 1. The van der Waals surface area contributed by atoms with Gasteiger partial charge in [-0.2, -0.15) is 0 Å². The predicted molar refractivity (Wildman–Crippen MR) is 178 cm³/mol. The number of primary amides is 1. The average Bonchev–Trinajstić information content (AvgIpc) is 3.80. The molecule has 9 nitrogen and oxygen atoms in total. The fraction of sp³-hybridized carbons (Fsp3) is 0.306. The van der Waals surface area contributed by atoms with Gasteiger partial charge >= 0.3 is 0 Å². The maximum atomic E-state index is 13.6. The molecule has 6 rings (SSSR count). The highest BCUT2D eigenvalue weighted by atomic mass is 32.1. The van der Waals surface area contributed by atoms with E-state index in [2.05, 4.69) is 15.5 Å². The second-order valence-corrected chi connectivity index (χ2v) is 13.2. The summed E-state index contributed by atoms with van der Waals surface area (Å²) in [4.78, 5) is 33.0. The third-order valence-electron chi connectivity index (χ3n) is 8.33. The fourth-order valence-electron chi connectivity index (χ4n) is 6.24. The standard InChI is InChI=1S/C36H36FN5O4S/c1-19(2)18-27-31(34(38)43)33(32(36-42-41-20(3)46-36)26(39-27)14-10-21-8-11-22(37)12-9-21)29-16-17-30(47-29)35(44)40-25-15-13-24-23(25)6-5-7-28(24)45-4/h5-9,11-12,16-17,19,25H,10,13-15,18H2,1-4H3,(H2,38,43)(H,40,44). The number of halogens is 1. The number of carbonyl (C=O) groups is 2. The van der Waals surface area contributed by atoms with Crippen molar-refractivity contribution in [2.24, 2.45) is 11.7 Å². The second kappa shape index (κ2) is 13.4. The first-order chi connectivity index (χ1) is 22.6. The SMILES string of the molecule is COc1cccc2c1CCC2NC(=O)c1ccc(-c2c(C(N)=O)c(CC(C)C)nc(CCc3ccc(F)cc3)c2-c2nnc(C)o2)s1. The molecular formula is C36H36FN5O4S. The minimum absolute atomic E-state index is 0.145. The highest BCUT2D eigenvalue weighted by Crippen LogP contribution is 2.42. The van der Waals surface area contributed by atoms with Crippen molar-refractivity contribution in [2.45, 2.75) is 58.9 Å². The van der Waals surface area contributed by atoms with Gasteiger partial charge in [0.2, 0.25) is 11.8 Å². The van der Waals surface area contributed by atoms with Gasteiger partial charge in [0.25, 0.3) is 11.8 Å². The van der Waals surface area contributed by atoms with Gasteiger partial charge in [0.05, 0.1) is 40.5 Å². The van der Waals surface area contributed by atoms with E-state index in [1.165, 1.54) is 23.5 Å². The maximum Gasteiger partial charge on any atom is 0.261 e. The highest BCUT2D eigenvalue weighted by molar-refractivity contribution is 7.17. The van der Waals surface area contributed by atoms with E-state index in [9.17, 15) is 14.0 Å². The van der Waals surface area contributed by atoms with Crippen LogP contribution in [0.25, 0.3) is 21.9 Å². The number of methoxy groups -OCH3 is 1. The van der Waals surface area contributed by atoms with E-state index in [-0.39, 0.29) is 35.1 Å². The Morgan fingerprint density at radius 3 is 2.53 bits per heavy atom. The summed E-state index contributed by atoms with van der Waals surface area (Å²) in [5.74, 6) is 0.386. The van der Waals surface area contributed by atoms with Crippen LogP contribution in [0.3, 0.4) is 0 Å². The van der Waals surface area contributed by atoms with Crippen molar-refractivity contribution in [3.63, 3.8) is 0 Å². The van der Waals surface area contributed by atoms with Crippen molar-refractivity contribution < 1.29 is 23.1 Å². The number of hydrogen-bond donors (Lipinski definition) is 2. The lowest BCUT2D eigenvalue weighted by Crippen LogP contribution is -2.26. The number of aromatic nitrogens is 3. The number of thiophene rings is 1. The molecule has 2 amide bonds. The Kier molecular flexibility index (Phi) is 9.17. The molecule has 1 aliphatic rings. The number of benzene rings is 2. The zero-order valence-electron chi connectivity index (χ0n) is 26.7. The molecule has 0 saturated carbocycles. The van der Waals surface area contributed by atoms with Crippen LogP contribution in [-0.2, 0) is 25.7 Å². The molecule has 3 heterocycles. The predicted octanol–water partition coefficient (Wildman–Crippen LogP) is 6.82. The first-order valence-electron chi connectivity index (χ1n) is 15.6. The molecule has 47 heavy (non-hydrogen) atoms. The average molecular weight is 654 g/mol. The molecule has 11 heteroatoms. The number of pyridine rings is 1. The summed E-state index contributed by atoms with van der Waals surface area (Å²) in [6.07, 6.45) is 3.08. The molecule has 2 aromatic carbocycles. The Balaban J connectivity index is 1.44. The van der Waals surface area contributed by atoms with Gasteiger partial charge in [-0.3, -0.25) is 14.6 Å². The van der Waals surface area contributed by atoms with Crippen LogP contribution < -0.4 is 15.8 Å².